The lowest BCUT2D eigenvalue weighted by Gasteiger charge is -2.09. The van der Waals surface area contributed by atoms with Crippen LogP contribution in [0.5, 0.6) is 5.75 Å². The maximum Gasteiger partial charge on any atom is 0.339 e. The summed E-state index contributed by atoms with van der Waals surface area (Å²) >= 11 is 1.44. The maximum atomic E-state index is 12.6. The van der Waals surface area contributed by atoms with Crippen LogP contribution in [-0.4, -0.2) is 18.2 Å². The van der Waals surface area contributed by atoms with Crippen LogP contribution in [0.2, 0.25) is 0 Å². The quantitative estimate of drug-likeness (QED) is 0.735. The topological polar surface area (TPSA) is 63.6 Å². The number of hydrogen-bond donors (Lipinski definition) is 1. The smallest absolute Gasteiger partial charge is 0.339 e. The van der Waals surface area contributed by atoms with Crippen molar-refractivity contribution < 1.29 is 14.6 Å². The third-order valence-corrected chi connectivity index (χ3v) is 4.27. The molecule has 0 aliphatic rings. The summed E-state index contributed by atoms with van der Waals surface area (Å²) in [7, 11) is 1.38. The summed E-state index contributed by atoms with van der Waals surface area (Å²) in [4.78, 5) is 23.8. The Kier molecular flexibility index (Phi) is 2.91. The van der Waals surface area contributed by atoms with Crippen LogP contribution in [0, 0.1) is 0 Å². The van der Waals surface area contributed by atoms with Gasteiger partial charge in [-0.2, -0.15) is 0 Å². The summed E-state index contributed by atoms with van der Waals surface area (Å²) in [6.45, 7) is 0. The van der Waals surface area contributed by atoms with E-state index < -0.39 is 5.97 Å². The van der Waals surface area contributed by atoms with Crippen molar-refractivity contribution in [2.24, 2.45) is 0 Å². The van der Waals surface area contributed by atoms with E-state index in [1.54, 1.807) is 18.2 Å². The molecule has 0 aliphatic carbocycles. The summed E-state index contributed by atoms with van der Waals surface area (Å²) in [6.07, 6.45) is 0. The zero-order chi connectivity index (χ0) is 14.3. The Labute approximate surface area is 117 Å². The molecule has 0 spiro atoms. The molecular formula is C15H10O4S. The number of hydrogen-bond acceptors (Lipinski definition) is 4. The lowest BCUT2D eigenvalue weighted by Crippen LogP contribution is -2.07. The number of fused-ring (bicyclic) bond motifs is 2. The molecule has 100 valence electrons. The van der Waals surface area contributed by atoms with Crippen molar-refractivity contribution >= 4 is 37.5 Å². The van der Waals surface area contributed by atoms with Crippen LogP contribution in [0.25, 0.3) is 20.2 Å². The van der Waals surface area contributed by atoms with Gasteiger partial charge in [-0.1, -0.05) is 12.1 Å². The highest BCUT2D eigenvalue weighted by Gasteiger charge is 2.18. The lowest BCUT2D eigenvalue weighted by atomic mass is 10.1. The Hall–Kier alpha value is -2.40. The SMILES string of the molecule is COc1c(C(=O)O)ccc2sc3ccccc3c(=O)c12. The molecule has 1 N–H and O–H groups in total. The van der Waals surface area contributed by atoms with Gasteiger partial charge in [0.25, 0.3) is 0 Å². The van der Waals surface area contributed by atoms with Crippen molar-refractivity contribution in [2.75, 3.05) is 7.11 Å². The Morgan fingerprint density at radius 2 is 1.90 bits per heavy atom. The fourth-order valence-electron chi connectivity index (χ4n) is 2.24. The van der Waals surface area contributed by atoms with Gasteiger partial charge in [-0.25, -0.2) is 4.79 Å². The second-order valence-corrected chi connectivity index (χ2v) is 5.34. The van der Waals surface area contributed by atoms with Crippen LogP contribution >= 0.6 is 11.3 Å². The summed E-state index contributed by atoms with van der Waals surface area (Å²) in [5, 5.41) is 10.1. The summed E-state index contributed by atoms with van der Waals surface area (Å²) < 4.78 is 6.76. The molecule has 0 saturated carbocycles. The predicted octanol–water partition coefficient (Wildman–Crippen LogP) is 3.12. The largest absolute Gasteiger partial charge is 0.495 e. The number of rotatable bonds is 2. The van der Waals surface area contributed by atoms with E-state index in [-0.39, 0.29) is 16.7 Å². The standard InChI is InChI=1S/C15H10O4S/c1-19-14-9(15(17)18)6-7-11-12(14)13(16)8-4-2-3-5-10(8)20-11/h2-7H,1H3,(H,17,18). The summed E-state index contributed by atoms with van der Waals surface area (Å²) in [6, 6.07) is 10.4. The van der Waals surface area contributed by atoms with Crippen molar-refractivity contribution in [3.05, 3.63) is 52.2 Å². The molecule has 0 bridgehead atoms. The van der Waals surface area contributed by atoms with Gasteiger partial charge in [-0.05, 0) is 24.3 Å². The molecule has 0 radical (unpaired) electrons. The van der Waals surface area contributed by atoms with Gasteiger partial charge in [0.05, 0.1) is 12.5 Å². The van der Waals surface area contributed by atoms with E-state index in [0.717, 1.165) is 9.40 Å². The normalized spacial score (nSPS) is 10.8. The molecule has 0 saturated heterocycles. The first-order chi connectivity index (χ1) is 9.63. The fraction of sp³-hybridized carbons (Fsp3) is 0.0667. The second kappa shape index (κ2) is 4.61. The molecule has 3 aromatic rings. The van der Waals surface area contributed by atoms with E-state index in [9.17, 15) is 14.7 Å². The van der Waals surface area contributed by atoms with Gasteiger partial charge in [-0.15, -0.1) is 11.3 Å². The first kappa shape index (κ1) is 12.6. The van der Waals surface area contributed by atoms with Crippen LogP contribution in [0.3, 0.4) is 0 Å². The van der Waals surface area contributed by atoms with Gasteiger partial charge in [0.1, 0.15) is 11.3 Å². The van der Waals surface area contributed by atoms with Crippen LogP contribution in [0.4, 0.5) is 0 Å². The molecule has 0 unspecified atom stereocenters. The van der Waals surface area contributed by atoms with Crippen molar-refractivity contribution in [3.63, 3.8) is 0 Å². The molecule has 2 aromatic carbocycles. The molecule has 20 heavy (non-hydrogen) atoms. The third kappa shape index (κ3) is 1.75. The Balaban J connectivity index is 2.57. The second-order valence-electron chi connectivity index (χ2n) is 4.25. The zero-order valence-corrected chi connectivity index (χ0v) is 11.4. The first-order valence-corrected chi connectivity index (χ1v) is 6.71. The molecule has 5 heteroatoms. The van der Waals surface area contributed by atoms with Crippen LogP contribution in [0.15, 0.2) is 41.2 Å². The van der Waals surface area contributed by atoms with E-state index in [1.165, 1.54) is 24.5 Å². The van der Waals surface area contributed by atoms with Crippen molar-refractivity contribution in [3.8, 4) is 5.75 Å². The van der Waals surface area contributed by atoms with Gasteiger partial charge >= 0.3 is 5.97 Å². The lowest BCUT2D eigenvalue weighted by molar-refractivity contribution is 0.0693. The van der Waals surface area contributed by atoms with Crippen LogP contribution in [-0.2, 0) is 0 Å². The molecule has 1 aromatic heterocycles. The zero-order valence-electron chi connectivity index (χ0n) is 10.5. The maximum absolute atomic E-state index is 12.6. The minimum atomic E-state index is -1.11. The molecule has 0 atom stereocenters. The highest BCUT2D eigenvalue weighted by Crippen LogP contribution is 2.32. The van der Waals surface area contributed by atoms with Gasteiger partial charge in [0, 0.05) is 14.8 Å². The van der Waals surface area contributed by atoms with E-state index in [0.29, 0.717) is 10.8 Å². The minimum absolute atomic E-state index is 0.000388. The van der Waals surface area contributed by atoms with Gasteiger partial charge < -0.3 is 9.84 Å². The number of methoxy groups -OCH3 is 1. The number of aromatic carboxylic acids is 1. The number of carboxylic acids is 1. The van der Waals surface area contributed by atoms with Crippen molar-refractivity contribution in [1.82, 2.24) is 0 Å². The van der Waals surface area contributed by atoms with Gasteiger partial charge in [-0.3, -0.25) is 4.79 Å². The molecule has 4 nitrogen and oxygen atoms in total. The molecule has 0 aliphatic heterocycles. The number of benzene rings is 2. The Morgan fingerprint density at radius 3 is 2.60 bits per heavy atom. The monoisotopic (exact) mass is 286 g/mol. The van der Waals surface area contributed by atoms with Gasteiger partial charge in [0.15, 0.2) is 5.43 Å². The Bertz CT molecular complexity index is 895. The Morgan fingerprint density at radius 1 is 1.15 bits per heavy atom. The average molecular weight is 286 g/mol. The molecule has 1 heterocycles. The number of carboxylic acid groups (broad SMARTS) is 1. The van der Waals surface area contributed by atoms with Gasteiger partial charge in [0.2, 0.25) is 0 Å². The molecular weight excluding hydrogens is 276 g/mol. The average Bonchev–Trinajstić information content (AvgIpc) is 2.46. The highest BCUT2D eigenvalue weighted by atomic mass is 32.1. The number of ether oxygens (including phenoxy) is 1. The van der Waals surface area contributed by atoms with Crippen LogP contribution < -0.4 is 10.2 Å². The highest BCUT2D eigenvalue weighted by molar-refractivity contribution is 7.24. The van der Waals surface area contributed by atoms with E-state index in [1.807, 2.05) is 12.1 Å². The third-order valence-electron chi connectivity index (χ3n) is 3.13. The minimum Gasteiger partial charge on any atom is -0.495 e. The summed E-state index contributed by atoms with van der Waals surface area (Å²) in [5.74, 6) is -0.983. The predicted molar refractivity (Wildman–Crippen MR) is 79.1 cm³/mol. The van der Waals surface area contributed by atoms with Crippen molar-refractivity contribution in [2.45, 2.75) is 0 Å². The first-order valence-electron chi connectivity index (χ1n) is 5.89. The molecule has 3 rings (SSSR count). The summed E-state index contributed by atoms with van der Waals surface area (Å²) in [5.41, 5.74) is -0.200. The number of carbonyl (C=O) groups is 1. The van der Waals surface area contributed by atoms with Crippen molar-refractivity contribution in [1.29, 1.82) is 0 Å². The van der Waals surface area contributed by atoms with E-state index in [4.69, 9.17) is 4.74 Å². The fourth-order valence-corrected chi connectivity index (χ4v) is 3.32. The van der Waals surface area contributed by atoms with Crippen LogP contribution in [0.1, 0.15) is 10.4 Å². The van der Waals surface area contributed by atoms with E-state index >= 15 is 0 Å². The molecule has 0 amide bonds. The molecule has 0 fully saturated rings. The van der Waals surface area contributed by atoms with E-state index in [2.05, 4.69) is 0 Å².